The first-order chi connectivity index (χ1) is 17.4. The second-order valence-electron chi connectivity index (χ2n) is 9.85. The average Bonchev–Trinajstić information content (AvgIpc) is 3.25. The predicted molar refractivity (Wildman–Crippen MR) is 143 cm³/mol. The van der Waals surface area contributed by atoms with Crippen molar-refractivity contribution in [2.75, 3.05) is 18.0 Å². The Balaban J connectivity index is 1.56. The summed E-state index contributed by atoms with van der Waals surface area (Å²) < 4.78 is 1.76. The fourth-order valence-corrected chi connectivity index (χ4v) is 5.31. The van der Waals surface area contributed by atoms with E-state index in [9.17, 15) is 5.11 Å². The smallest absolute Gasteiger partial charge is 0.160 e. The topological polar surface area (TPSA) is 92.0 Å². The molecule has 6 rings (SSSR count). The van der Waals surface area contributed by atoms with Crippen LogP contribution in [0.3, 0.4) is 0 Å². The first-order valence-corrected chi connectivity index (χ1v) is 12.3. The van der Waals surface area contributed by atoms with Crippen LogP contribution < -0.4 is 10.2 Å². The van der Waals surface area contributed by atoms with Crippen molar-refractivity contribution >= 4 is 27.6 Å². The van der Waals surface area contributed by atoms with E-state index in [2.05, 4.69) is 40.2 Å². The number of aromatic nitrogens is 5. The first-order valence-electron chi connectivity index (χ1n) is 12.3. The van der Waals surface area contributed by atoms with Crippen LogP contribution in [0.4, 0.5) is 5.69 Å². The third-order valence-electron chi connectivity index (χ3n) is 6.91. The van der Waals surface area contributed by atoms with Crippen LogP contribution >= 0.6 is 0 Å². The molecule has 0 radical (unpaired) electrons. The Morgan fingerprint density at radius 1 is 1.00 bits per heavy atom. The predicted octanol–water partition coefficient (Wildman–Crippen LogP) is 4.45. The lowest BCUT2D eigenvalue weighted by Crippen LogP contribution is -2.54. The molecule has 182 valence electrons. The Morgan fingerprint density at radius 3 is 2.56 bits per heavy atom. The van der Waals surface area contributed by atoms with Crippen molar-refractivity contribution in [2.45, 2.75) is 32.9 Å². The number of phenolic OH excluding ortho intramolecular Hbond substituents is 1. The normalized spacial score (nSPS) is 18.3. The zero-order valence-corrected chi connectivity index (χ0v) is 20.9. The van der Waals surface area contributed by atoms with Crippen molar-refractivity contribution in [1.82, 2.24) is 30.0 Å². The van der Waals surface area contributed by atoms with Crippen LogP contribution in [0.15, 0.2) is 55.0 Å². The molecule has 2 atom stereocenters. The summed E-state index contributed by atoms with van der Waals surface area (Å²) in [5.41, 5.74) is 6.29. The number of fused-ring (bicyclic) bond motifs is 2. The molecular formula is C28H29N7O. The minimum atomic E-state index is 0.181. The van der Waals surface area contributed by atoms with E-state index < -0.39 is 0 Å². The minimum Gasteiger partial charge on any atom is -0.507 e. The fraction of sp³-hybridized carbons (Fsp3) is 0.286. The number of nitrogens with one attached hydrogen (secondary N) is 1. The van der Waals surface area contributed by atoms with E-state index in [0.29, 0.717) is 29.0 Å². The highest BCUT2D eigenvalue weighted by Crippen LogP contribution is 2.39. The molecule has 4 aromatic heterocycles. The summed E-state index contributed by atoms with van der Waals surface area (Å²) >= 11 is 0. The quantitative estimate of drug-likeness (QED) is 0.395. The Hall–Kier alpha value is -4.04. The molecule has 0 saturated carbocycles. The Morgan fingerprint density at radius 2 is 1.81 bits per heavy atom. The molecule has 36 heavy (non-hydrogen) atoms. The lowest BCUT2D eigenvalue weighted by atomic mass is 9.99. The number of anilines is 1. The summed E-state index contributed by atoms with van der Waals surface area (Å²) in [4.78, 5) is 16.7. The van der Waals surface area contributed by atoms with Gasteiger partial charge in [-0.2, -0.15) is 5.10 Å². The summed E-state index contributed by atoms with van der Waals surface area (Å²) in [5.74, 6) is 0.181. The third kappa shape index (κ3) is 3.83. The maximum atomic E-state index is 11.1. The molecule has 0 bridgehead atoms. The van der Waals surface area contributed by atoms with E-state index in [1.54, 1.807) is 10.9 Å². The van der Waals surface area contributed by atoms with Crippen molar-refractivity contribution in [3.8, 4) is 28.3 Å². The zero-order chi connectivity index (χ0) is 25.0. The highest BCUT2D eigenvalue weighted by molar-refractivity contribution is 5.97. The highest BCUT2D eigenvalue weighted by Gasteiger charge is 2.23. The van der Waals surface area contributed by atoms with Gasteiger partial charge in [-0.1, -0.05) is 6.07 Å². The van der Waals surface area contributed by atoms with E-state index in [1.807, 2.05) is 56.7 Å². The van der Waals surface area contributed by atoms with Gasteiger partial charge >= 0.3 is 0 Å². The molecule has 0 amide bonds. The van der Waals surface area contributed by atoms with Crippen LogP contribution in [0.5, 0.6) is 5.75 Å². The van der Waals surface area contributed by atoms with Gasteiger partial charge in [0.25, 0.3) is 0 Å². The van der Waals surface area contributed by atoms with Gasteiger partial charge in [0.1, 0.15) is 5.75 Å². The van der Waals surface area contributed by atoms with Crippen LogP contribution in [-0.2, 0) is 7.05 Å². The zero-order valence-electron chi connectivity index (χ0n) is 20.9. The summed E-state index contributed by atoms with van der Waals surface area (Å²) in [6, 6.07) is 12.8. The largest absolute Gasteiger partial charge is 0.507 e. The van der Waals surface area contributed by atoms with Gasteiger partial charge in [-0.15, -0.1) is 0 Å². The molecule has 2 N–H and O–H groups in total. The fourth-order valence-electron chi connectivity index (χ4n) is 5.31. The molecule has 8 heteroatoms. The number of phenols is 1. The number of piperazine rings is 1. The van der Waals surface area contributed by atoms with Crippen molar-refractivity contribution in [2.24, 2.45) is 7.05 Å². The Labute approximate surface area is 209 Å². The number of aromatic hydroxyl groups is 1. The monoisotopic (exact) mass is 479 g/mol. The molecule has 1 saturated heterocycles. The van der Waals surface area contributed by atoms with E-state index in [4.69, 9.17) is 9.97 Å². The summed E-state index contributed by atoms with van der Waals surface area (Å²) in [6.45, 7) is 8.13. The second kappa shape index (κ2) is 8.57. The number of hydrogen-bond acceptors (Lipinski definition) is 7. The number of pyridine rings is 3. The van der Waals surface area contributed by atoms with Gasteiger partial charge in [0, 0.05) is 72.1 Å². The summed E-state index contributed by atoms with van der Waals surface area (Å²) in [7, 11) is 1.88. The number of hydrogen-bond donors (Lipinski definition) is 2. The maximum Gasteiger partial charge on any atom is 0.160 e. The molecule has 1 aliphatic heterocycles. The number of aryl methyl sites for hydroxylation is 2. The Bertz CT molecular complexity index is 1580. The van der Waals surface area contributed by atoms with Gasteiger partial charge in [0.15, 0.2) is 5.65 Å². The van der Waals surface area contributed by atoms with Crippen LogP contribution in [0.1, 0.15) is 19.4 Å². The molecule has 1 aliphatic rings. The van der Waals surface area contributed by atoms with Gasteiger partial charge < -0.3 is 15.3 Å². The molecule has 1 fully saturated rings. The first kappa shape index (κ1) is 22.4. The van der Waals surface area contributed by atoms with Gasteiger partial charge in [0.2, 0.25) is 0 Å². The third-order valence-corrected chi connectivity index (χ3v) is 6.91. The van der Waals surface area contributed by atoms with Crippen LogP contribution in [0.2, 0.25) is 0 Å². The van der Waals surface area contributed by atoms with Crippen molar-refractivity contribution in [1.29, 1.82) is 0 Å². The number of benzene rings is 1. The molecule has 0 spiro atoms. The lowest BCUT2D eigenvalue weighted by molar-refractivity contribution is 0.407. The molecule has 5 aromatic rings. The molecular weight excluding hydrogens is 450 g/mol. The molecule has 8 nitrogen and oxygen atoms in total. The molecule has 1 aromatic carbocycles. The van der Waals surface area contributed by atoms with E-state index in [-0.39, 0.29) is 5.75 Å². The number of rotatable bonds is 3. The minimum absolute atomic E-state index is 0.181. The standard InChI is InChI=1S/C28H29N7O/c1-16-13-35(14-17(2)31-16)20-10-22-21(24-7-5-6-8-29-24)11-25(32-28(22)30-12-20)23-9-19-15-34(4)33-26(19)18(3)27(23)36/h5-12,15-17,31,36H,13-14H2,1-4H3/t16-,17+. The van der Waals surface area contributed by atoms with E-state index >= 15 is 0 Å². The van der Waals surface area contributed by atoms with Crippen LogP contribution in [0.25, 0.3) is 44.5 Å². The van der Waals surface area contributed by atoms with Gasteiger partial charge in [-0.05, 0) is 51.1 Å². The summed E-state index contributed by atoms with van der Waals surface area (Å²) in [6.07, 6.45) is 5.65. The van der Waals surface area contributed by atoms with Crippen molar-refractivity contribution in [3.63, 3.8) is 0 Å². The van der Waals surface area contributed by atoms with Gasteiger partial charge in [0.05, 0.1) is 28.8 Å². The van der Waals surface area contributed by atoms with Gasteiger partial charge in [-0.3, -0.25) is 9.67 Å². The molecule has 0 unspecified atom stereocenters. The highest BCUT2D eigenvalue weighted by atomic mass is 16.3. The van der Waals surface area contributed by atoms with Crippen molar-refractivity contribution in [3.05, 3.63) is 60.6 Å². The van der Waals surface area contributed by atoms with Crippen LogP contribution in [-0.4, -0.2) is 55.0 Å². The maximum absolute atomic E-state index is 11.1. The summed E-state index contributed by atoms with van der Waals surface area (Å²) in [5, 5.41) is 21.1. The Kier molecular flexibility index (Phi) is 5.34. The van der Waals surface area contributed by atoms with Crippen molar-refractivity contribution < 1.29 is 5.11 Å². The average molecular weight is 480 g/mol. The van der Waals surface area contributed by atoms with E-state index in [0.717, 1.165) is 51.9 Å². The molecule has 5 heterocycles. The van der Waals surface area contributed by atoms with Crippen LogP contribution in [0, 0.1) is 6.92 Å². The SMILES string of the molecule is Cc1c(O)c(-c2cc(-c3ccccn3)c3cc(N4C[C@@H](C)N[C@@H](C)C4)cnc3n2)cc2cn(C)nc12. The van der Waals surface area contributed by atoms with Gasteiger partial charge in [-0.25, -0.2) is 9.97 Å². The lowest BCUT2D eigenvalue weighted by Gasteiger charge is -2.37. The number of nitrogens with zero attached hydrogens (tertiary/aromatic N) is 6. The molecule has 0 aliphatic carbocycles. The second-order valence-corrected chi connectivity index (χ2v) is 9.85. The van der Waals surface area contributed by atoms with E-state index in [1.165, 1.54) is 0 Å².